The molecule has 21 heavy (non-hydrogen) atoms. The van der Waals surface area contributed by atoms with Crippen molar-refractivity contribution in [2.24, 2.45) is 0 Å². The van der Waals surface area contributed by atoms with E-state index >= 15 is 0 Å². The van der Waals surface area contributed by atoms with E-state index in [0.29, 0.717) is 13.1 Å². The summed E-state index contributed by atoms with van der Waals surface area (Å²) >= 11 is 0. The highest BCUT2D eigenvalue weighted by atomic mass is 32.2. The van der Waals surface area contributed by atoms with E-state index in [1.54, 1.807) is 18.0 Å². The summed E-state index contributed by atoms with van der Waals surface area (Å²) in [5.74, 6) is -3.42. The molecular formula is C14H22F2N2O2S. The van der Waals surface area contributed by atoms with Crippen LogP contribution in [0.4, 0.5) is 14.5 Å². The molecule has 1 rings (SSSR count). The van der Waals surface area contributed by atoms with Gasteiger partial charge in [0.15, 0.2) is 0 Å². The zero-order valence-corrected chi connectivity index (χ0v) is 13.5. The molecule has 0 saturated carbocycles. The molecule has 4 nitrogen and oxygen atoms in total. The molecule has 0 radical (unpaired) electrons. The van der Waals surface area contributed by atoms with Crippen molar-refractivity contribution in [2.75, 3.05) is 25.0 Å². The third kappa shape index (κ3) is 4.93. The van der Waals surface area contributed by atoms with Gasteiger partial charge in [-0.15, -0.1) is 0 Å². The topological polar surface area (TPSA) is 49.4 Å². The number of benzene rings is 1. The van der Waals surface area contributed by atoms with Gasteiger partial charge in [-0.25, -0.2) is 8.42 Å². The number of sulfone groups is 1. The quantitative estimate of drug-likeness (QED) is 0.875. The van der Waals surface area contributed by atoms with Crippen LogP contribution in [0, 0.1) is 0 Å². The van der Waals surface area contributed by atoms with Gasteiger partial charge in [-0.1, -0.05) is 12.1 Å². The van der Waals surface area contributed by atoms with Crippen LogP contribution in [0.15, 0.2) is 29.2 Å². The molecule has 0 heterocycles. The normalized spacial score (nSPS) is 12.7. The molecule has 0 bridgehead atoms. The average molecular weight is 320 g/mol. The largest absolute Gasteiger partial charge is 0.372 e. The van der Waals surface area contributed by atoms with Crippen molar-refractivity contribution in [3.63, 3.8) is 0 Å². The Balaban J connectivity index is 2.94. The predicted molar refractivity (Wildman–Crippen MR) is 80.7 cm³/mol. The van der Waals surface area contributed by atoms with E-state index in [2.05, 4.69) is 5.32 Å². The number of rotatable bonds is 6. The summed E-state index contributed by atoms with van der Waals surface area (Å²) in [5, 5.41) is 3.26. The Hall–Kier alpha value is -1.21. The third-order valence-corrected chi connectivity index (χ3v) is 4.35. The Bertz CT molecular complexity index is 569. The second kappa shape index (κ2) is 6.70. The molecular weight excluding hydrogens is 298 g/mol. The monoisotopic (exact) mass is 320 g/mol. The molecule has 0 aliphatic rings. The number of halogens is 2. The summed E-state index contributed by atoms with van der Waals surface area (Å²) in [6.07, 6.45) is 0. The molecule has 0 saturated heterocycles. The zero-order chi connectivity index (χ0) is 16.3. The number of hydrogen-bond acceptors (Lipinski definition) is 4. The Morgan fingerprint density at radius 3 is 2.33 bits per heavy atom. The van der Waals surface area contributed by atoms with Gasteiger partial charge < -0.3 is 10.2 Å². The van der Waals surface area contributed by atoms with Crippen molar-refractivity contribution in [3.8, 4) is 0 Å². The van der Waals surface area contributed by atoms with Crippen molar-refractivity contribution >= 4 is 15.5 Å². The van der Waals surface area contributed by atoms with Gasteiger partial charge >= 0.3 is 5.76 Å². The second-order valence-corrected chi connectivity index (χ2v) is 7.76. The number of hydrogen-bond donors (Lipinski definition) is 1. The highest BCUT2D eigenvalue weighted by Gasteiger charge is 2.29. The van der Waals surface area contributed by atoms with Crippen LogP contribution in [-0.4, -0.2) is 39.9 Å². The van der Waals surface area contributed by atoms with Gasteiger partial charge in [-0.2, -0.15) is 8.78 Å². The lowest BCUT2D eigenvalue weighted by Crippen LogP contribution is -2.40. The minimum absolute atomic E-state index is 0.0601. The smallest absolute Gasteiger partial charge is 0.341 e. The highest BCUT2D eigenvalue weighted by Crippen LogP contribution is 2.28. The first kappa shape index (κ1) is 17.8. The van der Waals surface area contributed by atoms with Crippen LogP contribution in [0.2, 0.25) is 0 Å². The number of nitrogens with one attached hydrogen (secondary N) is 1. The molecule has 0 aromatic heterocycles. The minimum Gasteiger partial charge on any atom is -0.372 e. The number of anilines is 1. The number of alkyl halides is 2. The van der Waals surface area contributed by atoms with Gasteiger partial charge in [0, 0.05) is 25.7 Å². The average Bonchev–Trinajstić information content (AvgIpc) is 2.36. The van der Waals surface area contributed by atoms with Crippen LogP contribution >= 0.6 is 0 Å². The standard InChI is InChI=1S/C14H22F2N2O2S/c1-14(2,3)17-9-10-18(4)11-7-5-6-8-12(11)21(19,20)13(15)16/h5-8,13,17H,9-10H2,1-4H3. The Morgan fingerprint density at radius 2 is 1.81 bits per heavy atom. The zero-order valence-electron chi connectivity index (χ0n) is 12.7. The third-order valence-electron chi connectivity index (χ3n) is 2.92. The van der Waals surface area contributed by atoms with E-state index in [-0.39, 0.29) is 16.1 Å². The molecule has 1 aromatic carbocycles. The van der Waals surface area contributed by atoms with Crippen LogP contribution in [-0.2, 0) is 9.84 Å². The SMILES string of the molecule is CN(CCNC(C)(C)C)c1ccccc1S(=O)(=O)C(F)F. The molecule has 120 valence electrons. The van der Waals surface area contributed by atoms with Gasteiger partial charge in [0.2, 0.25) is 9.84 Å². The lowest BCUT2D eigenvalue weighted by molar-refractivity contribution is 0.235. The first-order chi connectivity index (χ1) is 9.55. The molecule has 0 fully saturated rings. The fourth-order valence-corrected chi connectivity index (χ4v) is 2.80. The van der Waals surface area contributed by atoms with Crippen LogP contribution in [0.5, 0.6) is 0 Å². The Kier molecular flexibility index (Phi) is 5.69. The highest BCUT2D eigenvalue weighted by molar-refractivity contribution is 7.91. The molecule has 0 spiro atoms. The molecule has 0 atom stereocenters. The number of para-hydroxylation sites is 1. The van der Waals surface area contributed by atoms with Crippen LogP contribution in [0.1, 0.15) is 20.8 Å². The molecule has 0 aliphatic carbocycles. The summed E-state index contributed by atoms with van der Waals surface area (Å²) in [6.45, 7) is 7.17. The van der Waals surface area contributed by atoms with E-state index in [9.17, 15) is 17.2 Å². The lowest BCUT2D eigenvalue weighted by atomic mass is 10.1. The summed E-state index contributed by atoms with van der Waals surface area (Å²) in [5.41, 5.74) is 0.226. The lowest BCUT2D eigenvalue weighted by Gasteiger charge is -2.26. The Morgan fingerprint density at radius 1 is 1.24 bits per heavy atom. The maximum Gasteiger partial charge on any atom is 0.341 e. The predicted octanol–water partition coefficient (Wildman–Crippen LogP) is 2.51. The van der Waals surface area contributed by atoms with Gasteiger partial charge in [0.05, 0.1) is 10.6 Å². The molecule has 0 amide bonds. The van der Waals surface area contributed by atoms with Crippen LogP contribution in [0.3, 0.4) is 0 Å². The number of nitrogens with zero attached hydrogens (tertiary/aromatic N) is 1. The summed E-state index contributed by atoms with van der Waals surface area (Å²) in [7, 11) is -2.92. The van der Waals surface area contributed by atoms with Crippen molar-refractivity contribution in [1.82, 2.24) is 5.32 Å². The minimum atomic E-state index is -4.60. The van der Waals surface area contributed by atoms with Crippen molar-refractivity contribution in [3.05, 3.63) is 24.3 Å². The number of likely N-dealkylation sites (N-methyl/N-ethyl adjacent to an activating group) is 1. The van der Waals surface area contributed by atoms with E-state index in [4.69, 9.17) is 0 Å². The second-order valence-electron chi connectivity index (χ2n) is 5.87. The molecule has 0 unspecified atom stereocenters. The summed E-state index contributed by atoms with van der Waals surface area (Å²) in [4.78, 5) is 1.33. The van der Waals surface area contributed by atoms with Gasteiger partial charge in [-0.05, 0) is 32.9 Å². The summed E-state index contributed by atoms with van der Waals surface area (Å²) < 4.78 is 48.9. The van der Waals surface area contributed by atoms with Gasteiger partial charge in [0.25, 0.3) is 0 Å². The maximum absolute atomic E-state index is 12.7. The van der Waals surface area contributed by atoms with E-state index < -0.39 is 15.6 Å². The fraction of sp³-hybridized carbons (Fsp3) is 0.571. The fourth-order valence-electron chi connectivity index (χ4n) is 1.83. The molecule has 0 aliphatic heterocycles. The van der Waals surface area contributed by atoms with Gasteiger partial charge in [0.1, 0.15) is 0 Å². The van der Waals surface area contributed by atoms with E-state index in [1.165, 1.54) is 18.2 Å². The van der Waals surface area contributed by atoms with Crippen LogP contribution < -0.4 is 10.2 Å². The van der Waals surface area contributed by atoms with Crippen molar-refractivity contribution in [1.29, 1.82) is 0 Å². The van der Waals surface area contributed by atoms with E-state index in [1.807, 2.05) is 20.8 Å². The Labute approximate surface area is 125 Å². The molecule has 1 N–H and O–H groups in total. The maximum atomic E-state index is 12.7. The molecule has 7 heteroatoms. The van der Waals surface area contributed by atoms with E-state index in [0.717, 1.165) is 0 Å². The van der Waals surface area contributed by atoms with Gasteiger partial charge in [-0.3, -0.25) is 0 Å². The molecule has 1 aromatic rings. The summed E-state index contributed by atoms with van der Waals surface area (Å²) in [6, 6.07) is 5.82. The van der Waals surface area contributed by atoms with Crippen molar-refractivity contribution < 1.29 is 17.2 Å². The first-order valence-electron chi connectivity index (χ1n) is 6.63. The van der Waals surface area contributed by atoms with Crippen molar-refractivity contribution in [2.45, 2.75) is 37.0 Å². The van der Waals surface area contributed by atoms with Crippen LogP contribution in [0.25, 0.3) is 0 Å². The first-order valence-corrected chi connectivity index (χ1v) is 8.17.